The molecular weight excluding hydrogens is 328 g/mol. The first-order valence-corrected chi connectivity index (χ1v) is 9.68. The van der Waals surface area contributed by atoms with Crippen molar-refractivity contribution < 1.29 is 9.59 Å². The minimum absolute atomic E-state index is 0.0557. The van der Waals surface area contributed by atoms with Crippen LogP contribution in [0.4, 0.5) is 10.5 Å². The van der Waals surface area contributed by atoms with Gasteiger partial charge in [-0.25, -0.2) is 4.79 Å². The zero-order valence-electron chi connectivity index (χ0n) is 16.0. The number of piperazine rings is 1. The molecule has 1 aromatic carbocycles. The van der Waals surface area contributed by atoms with E-state index in [0.717, 1.165) is 39.0 Å². The third kappa shape index (κ3) is 4.29. The van der Waals surface area contributed by atoms with E-state index in [1.807, 2.05) is 9.80 Å². The molecule has 0 aromatic heterocycles. The Morgan fingerprint density at radius 2 is 1.65 bits per heavy atom. The highest BCUT2D eigenvalue weighted by Gasteiger charge is 2.23. The fourth-order valence-corrected chi connectivity index (χ4v) is 3.74. The molecule has 0 atom stereocenters. The Kier molecular flexibility index (Phi) is 6.01. The number of nitrogens with zero attached hydrogens (tertiary/aromatic N) is 3. The number of hydrogen-bond acceptors (Lipinski definition) is 3. The monoisotopic (exact) mass is 358 g/mol. The van der Waals surface area contributed by atoms with Crippen LogP contribution in [0.1, 0.15) is 30.4 Å². The van der Waals surface area contributed by atoms with Crippen LogP contribution in [0.5, 0.6) is 0 Å². The standard InChI is InChI=1S/C20H30N4O2/c1-16-6-5-7-18(17(16)2)22-12-14-24(15-13-22)20(26)21-9-8-19(25)23-10-3-4-11-23/h5-7H,3-4,8-15H2,1-2H3,(H,21,26). The van der Waals surface area contributed by atoms with E-state index in [1.54, 1.807) is 0 Å². The van der Waals surface area contributed by atoms with Crippen molar-refractivity contribution in [3.8, 4) is 0 Å². The molecule has 2 aliphatic heterocycles. The SMILES string of the molecule is Cc1cccc(N2CCN(C(=O)NCCC(=O)N3CCCC3)CC2)c1C. The average molecular weight is 358 g/mol. The highest BCUT2D eigenvalue weighted by atomic mass is 16.2. The molecule has 0 saturated carbocycles. The fraction of sp³-hybridized carbons (Fsp3) is 0.600. The Morgan fingerprint density at radius 3 is 2.35 bits per heavy atom. The Labute approximate surface area is 156 Å². The molecule has 2 heterocycles. The number of anilines is 1. The van der Waals surface area contributed by atoms with E-state index in [1.165, 1.54) is 16.8 Å². The molecule has 1 N–H and O–H groups in total. The molecule has 6 nitrogen and oxygen atoms in total. The number of benzene rings is 1. The lowest BCUT2D eigenvalue weighted by Gasteiger charge is -2.37. The normalized spacial score (nSPS) is 17.5. The molecule has 2 aliphatic rings. The summed E-state index contributed by atoms with van der Waals surface area (Å²) in [5.74, 6) is 0.155. The topological polar surface area (TPSA) is 55.9 Å². The van der Waals surface area contributed by atoms with Crippen LogP contribution in [0.25, 0.3) is 0 Å². The average Bonchev–Trinajstić information content (AvgIpc) is 3.19. The van der Waals surface area contributed by atoms with Crippen molar-refractivity contribution in [3.63, 3.8) is 0 Å². The van der Waals surface area contributed by atoms with E-state index >= 15 is 0 Å². The highest BCUT2D eigenvalue weighted by molar-refractivity contribution is 5.78. The van der Waals surface area contributed by atoms with Gasteiger partial charge >= 0.3 is 6.03 Å². The summed E-state index contributed by atoms with van der Waals surface area (Å²) in [4.78, 5) is 30.5. The first-order valence-electron chi connectivity index (χ1n) is 9.68. The van der Waals surface area contributed by atoms with Crippen molar-refractivity contribution in [2.24, 2.45) is 0 Å². The quantitative estimate of drug-likeness (QED) is 0.897. The lowest BCUT2D eigenvalue weighted by Crippen LogP contribution is -2.52. The van der Waals surface area contributed by atoms with Gasteiger partial charge < -0.3 is 20.0 Å². The summed E-state index contributed by atoms with van der Waals surface area (Å²) in [6.45, 7) is 9.53. The Morgan fingerprint density at radius 1 is 0.962 bits per heavy atom. The number of hydrogen-bond donors (Lipinski definition) is 1. The molecular formula is C20H30N4O2. The van der Waals surface area contributed by atoms with Crippen LogP contribution in [-0.4, -0.2) is 67.6 Å². The summed E-state index contributed by atoms with van der Waals surface area (Å²) < 4.78 is 0. The van der Waals surface area contributed by atoms with Gasteiger partial charge in [0.25, 0.3) is 0 Å². The van der Waals surface area contributed by atoms with Gasteiger partial charge in [0.05, 0.1) is 0 Å². The van der Waals surface area contributed by atoms with Crippen LogP contribution in [0.2, 0.25) is 0 Å². The van der Waals surface area contributed by atoms with Gasteiger partial charge in [0.15, 0.2) is 0 Å². The Hall–Kier alpha value is -2.24. The number of amides is 3. The second-order valence-electron chi connectivity index (χ2n) is 7.26. The first-order chi connectivity index (χ1) is 12.6. The molecule has 2 saturated heterocycles. The van der Waals surface area contributed by atoms with E-state index in [2.05, 4.69) is 42.3 Å². The second kappa shape index (κ2) is 8.43. The summed E-state index contributed by atoms with van der Waals surface area (Å²) >= 11 is 0. The fourth-order valence-electron chi connectivity index (χ4n) is 3.74. The molecule has 3 rings (SSSR count). The summed E-state index contributed by atoms with van der Waals surface area (Å²) in [7, 11) is 0. The molecule has 0 spiro atoms. The number of urea groups is 1. The molecule has 3 amide bonds. The second-order valence-corrected chi connectivity index (χ2v) is 7.26. The smallest absolute Gasteiger partial charge is 0.317 e. The van der Waals surface area contributed by atoms with Crippen molar-refractivity contribution in [1.29, 1.82) is 0 Å². The molecule has 0 aliphatic carbocycles. The number of carbonyl (C=O) groups is 2. The molecule has 0 unspecified atom stereocenters. The summed E-state index contributed by atoms with van der Waals surface area (Å²) in [5.41, 5.74) is 3.87. The predicted molar refractivity (Wildman–Crippen MR) is 104 cm³/mol. The van der Waals surface area contributed by atoms with Crippen LogP contribution in [-0.2, 0) is 4.79 Å². The summed E-state index contributed by atoms with van der Waals surface area (Å²) in [6, 6.07) is 6.32. The van der Waals surface area contributed by atoms with Crippen molar-refractivity contribution in [3.05, 3.63) is 29.3 Å². The zero-order valence-corrected chi connectivity index (χ0v) is 16.0. The lowest BCUT2D eigenvalue weighted by molar-refractivity contribution is -0.129. The highest BCUT2D eigenvalue weighted by Crippen LogP contribution is 2.23. The number of rotatable bonds is 4. The van der Waals surface area contributed by atoms with Gasteiger partial charge in [-0.2, -0.15) is 0 Å². The van der Waals surface area contributed by atoms with Crippen molar-refractivity contribution in [2.75, 3.05) is 50.7 Å². The molecule has 0 bridgehead atoms. The molecule has 2 fully saturated rings. The first kappa shape index (κ1) is 18.5. The molecule has 26 heavy (non-hydrogen) atoms. The lowest BCUT2D eigenvalue weighted by atomic mass is 10.1. The van der Waals surface area contributed by atoms with E-state index < -0.39 is 0 Å². The predicted octanol–water partition coefficient (Wildman–Crippen LogP) is 2.15. The van der Waals surface area contributed by atoms with E-state index in [4.69, 9.17) is 0 Å². The summed E-state index contributed by atoms with van der Waals surface area (Å²) in [5, 5.41) is 2.90. The van der Waals surface area contributed by atoms with E-state index in [-0.39, 0.29) is 11.9 Å². The minimum Gasteiger partial charge on any atom is -0.368 e. The third-order valence-corrected chi connectivity index (χ3v) is 5.56. The van der Waals surface area contributed by atoms with Crippen molar-refractivity contribution >= 4 is 17.6 Å². The Bertz CT molecular complexity index is 647. The zero-order chi connectivity index (χ0) is 18.5. The summed E-state index contributed by atoms with van der Waals surface area (Å²) in [6.07, 6.45) is 2.60. The minimum atomic E-state index is -0.0557. The molecule has 142 valence electrons. The van der Waals surface area contributed by atoms with Gasteiger partial charge in [-0.1, -0.05) is 12.1 Å². The van der Waals surface area contributed by atoms with E-state index in [9.17, 15) is 9.59 Å². The number of nitrogens with one attached hydrogen (secondary N) is 1. The Balaban J connectivity index is 1.42. The van der Waals surface area contributed by atoms with Crippen molar-refractivity contribution in [1.82, 2.24) is 15.1 Å². The van der Waals surface area contributed by atoms with E-state index in [0.29, 0.717) is 26.1 Å². The maximum atomic E-state index is 12.3. The van der Waals surface area contributed by atoms with Crippen LogP contribution in [0.3, 0.4) is 0 Å². The van der Waals surface area contributed by atoms with Gasteiger partial charge in [0.1, 0.15) is 0 Å². The largest absolute Gasteiger partial charge is 0.368 e. The third-order valence-electron chi connectivity index (χ3n) is 5.56. The molecule has 1 aromatic rings. The van der Waals surface area contributed by atoms with Gasteiger partial charge in [-0.05, 0) is 43.9 Å². The number of carbonyl (C=O) groups excluding carboxylic acids is 2. The van der Waals surface area contributed by atoms with Crippen LogP contribution in [0, 0.1) is 13.8 Å². The van der Waals surface area contributed by atoms with Gasteiger partial charge in [-0.3, -0.25) is 4.79 Å². The molecule has 6 heteroatoms. The van der Waals surface area contributed by atoms with Gasteiger partial charge in [-0.15, -0.1) is 0 Å². The molecule has 0 radical (unpaired) electrons. The number of likely N-dealkylation sites (tertiary alicyclic amines) is 1. The van der Waals surface area contributed by atoms with Crippen LogP contribution < -0.4 is 10.2 Å². The van der Waals surface area contributed by atoms with Gasteiger partial charge in [0, 0.05) is 57.9 Å². The number of aryl methyl sites for hydroxylation is 1. The van der Waals surface area contributed by atoms with Crippen LogP contribution in [0.15, 0.2) is 18.2 Å². The maximum Gasteiger partial charge on any atom is 0.317 e. The van der Waals surface area contributed by atoms with Crippen LogP contribution >= 0.6 is 0 Å². The maximum absolute atomic E-state index is 12.3. The van der Waals surface area contributed by atoms with Gasteiger partial charge in [0.2, 0.25) is 5.91 Å². The van der Waals surface area contributed by atoms with Crippen molar-refractivity contribution in [2.45, 2.75) is 33.1 Å².